The maximum atomic E-state index is 14.0. The van der Waals surface area contributed by atoms with Crippen molar-refractivity contribution in [1.29, 1.82) is 0 Å². The third kappa shape index (κ3) is 6.81. The van der Waals surface area contributed by atoms with Gasteiger partial charge in [-0.05, 0) is 86.9 Å². The quantitative estimate of drug-likeness (QED) is 0.193. The van der Waals surface area contributed by atoms with Gasteiger partial charge in [-0.2, -0.15) is 0 Å². The molecule has 0 saturated heterocycles. The highest BCUT2D eigenvalue weighted by atomic mass is 79.9. The summed E-state index contributed by atoms with van der Waals surface area (Å²) in [5, 5.41) is 0. The lowest BCUT2D eigenvalue weighted by Crippen LogP contribution is -2.40. The van der Waals surface area contributed by atoms with E-state index in [2.05, 4.69) is 20.9 Å². The van der Waals surface area contributed by atoms with Crippen molar-refractivity contribution in [3.05, 3.63) is 119 Å². The Hall–Kier alpha value is -4.15. The highest BCUT2D eigenvalue weighted by Gasteiger charge is 2.34. The van der Waals surface area contributed by atoms with Crippen LogP contribution in [-0.4, -0.2) is 30.4 Å². The van der Waals surface area contributed by atoms with Gasteiger partial charge in [0.05, 0.1) is 41.7 Å². The number of hydrogen-bond donors (Lipinski definition) is 0. The molecule has 0 aliphatic carbocycles. The van der Waals surface area contributed by atoms with E-state index in [1.807, 2.05) is 74.5 Å². The van der Waals surface area contributed by atoms with Crippen LogP contribution in [0, 0.1) is 0 Å². The Bertz CT molecular complexity index is 1890. The normalized spacial score (nSPS) is 14.7. The largest absolute Gasteiger partial charge is 0.493 e. The molecular formula is C34H33BrN2O6S. The minimum Gasteiger partial charge on any atom is -0.493 e. The molecule has 0 bridgehead atoms. The van der Waals surface area contributed by atoms with Gasteiger partial charge >= 0.3 is 5.97 Å². The van der Waals surface area contributed by atoms with Gasteiger partial charge in [0, 0.05) is 4.47 Å². The molecule has 0 unspecified atom stereocenters. The standard InChI is InChI=1S/C34H33BrN2O6S/c1-6-41-33(39)30-21(4)36-34-37(31(30)24-12-15-27(43-20(2)3)28(18-24)40-5)32(38)29(44-34)17-23-8-7-9-26(16-23)42-19-22-10-13-25(35)14-11-22/h7-18,20,31H,6,19H2,1-5H3/b29-17+/t31-/m1/s1. The van der Waals surface area contributed by atoms with E-state index < -0.39 is 12.0 Å². The Morgan fingerprint density at radius 2 is 1.86 bits per heavy atom. The van der Waals surface area contributed by atoms with Crippen molar-refractivity contribution in [2.24, 2.45) is 4.99 Å². The molecule has 8 nitrogen and oxygen atoms in total. The lowest BCUT2D eigenvalue weighted by molar-refractivity contribution is -0.139. The molecule has 44 heavy (non-hydrogen) atoms. The van der Waals surface area contributed by atoms with Gasteiger partial charge in [0.15, 0.2) is 16.3 Å². The Labute approximate surface area is 268 Å². The topological polar surface area (TPSA) is 88.4 Å². The van der Waals surface area contributed by atoms with Crippen molar-refractivity contribution in [2.45, 2.75) is 46.4 Å². The van der Waals surface area contributed by atoms with E-state index in [0.29, 0.717) is 50.0 Å². The zero-order valence-electron chi connectivity index (χ0n) is 25.1. The Kier molecular flexibility index (Phi) is 9.71. The van der Waals surface area contributed by atoms with E-state index in [0.717, 1.165) is 15.6 Å². The van der Waals surface area contributed by atoms with Gasteiger partial charge in [-0.1, -0.05) is 57.6 Å². The maximum Gasteiger partial charge on any atom is 0.338 e. The lowest BCUT2D eigenvalue weighted by atomic mass is 9.95. The summed E-state index contributed by atoms with van der Waals surface area (Å²) in [7, 11) is 1.56. The zero-order chi connectivity index (χ0) is 31.4. The maximum absolute atomic E-state index is 14.0. The fourth-order valence-electron chi connectivity index (χ4n) is 4.91. The SMILES string of the molecule is CCOC(=O)C1=C(C)N=c2s/c(=C/c3cccc(OCc4ccc(Br)cc4)c3)c(=O)n2[C@@H]1c1ccc(OC(C)C)c(OC)c1. The van der Waals surface area contributed by atoms with Crippen molar-refractivity contribution in [2.75, 3.05) is 13.7 Å². The van der Waals surface area contributed by atoms with Gasteiger partial charge in [-0.3, -0.25) is 9.36 Å². The second-order valence-corrected chi connectivity index (χ2v) is 12.3. The van der Waals surface area contributed by atoms with Crippen LogP contribution in [0.15, 0.2) is 92.3 Å². The Balaban J connectivity index is 1.56. The summed E-state index contributed by atoms with van der Waals surface area (Å²) in [4.78, 5) is 32.5. The van der Waals surface area contributed by atoms with Gasteiger partial charge in [-0.25, -0.2) is 9.79 Å². The monoisotopic (exact) mass is 676 g/mol. The van der Waals surface area contributed by atoms with E-state index in [1.165, 1.54) is 11.3 Å². The molecule has 3 aromatic carbocycles. The summed E-state index contributed by atoms with van der Waals surface area (Å²) in [5.41, 5.74) is 3.04. The summed E-state index contributed by atoms with van der Waals surface area (Å²) in [6.07, 6.45) is 1.76. The van der Waals surface area contributed by atoms with E-state index >= 15 is 0 Å². The van der Waals surface area contributed by atoms with E-state index in [1.54, 1.807) is 37.7 Å². The lowest BCUT2D eigenvalue weighted by Gasteiger charge is -2.25. The number of thiazole rings is 1. The third-order valence-corrected chi connectivity index (χ3v) is 8.37. The van der Waals surface area contributed by atoms with Crippen molar-refractivity contribution in [3.63, 3.8) is 0 Å². The second-order valence-electron chi connectivity index (χ2n) is 10.4. The molecule has 2 heterocycles. The molecule has 10 heteroatoms. The molecular weight excluding hydrogens is 644 g/mol. The first-order valence-electron chi connectivity index (χ1n) is 14.2. The third-order valence-electron chi connectivity index (χ3n) is 6.86. The number of hydrogen-bond acceptors (Lipinski definition) is 8. The number of halogens is 1. The van der Waals surface area contributed by atoms with Crippen molar-refractivity contribution < 1.29 is 23.7 Å². The Morgan fingerprint density at radius 1 is 1.09 bits per heavy atom. The molecule has 1 aromatic heterocycles. The zero-order valence-corrected chi connectivity index (χ0v) is 27.5. The number of ether oxygens (including phenoxy) is 4. The molecule has 1 aliphatic rings. The number of nitrogens with zero attached hydrogens (tertiary/aromatic N) is 2. The average molecular weight is 678 g/mol. The van der Waals surface area contributed by atoms with E-state index in [-0.39, 0.29) is 18.3 Å². The van der Waals surface area contributed by atoms with Crippen LogP contribution in [0.2, 0.25) is 0 Å². The summed E-state index contributed by atoms with van der Waals surface area (Å²) in [6.45, 7) is 7.98. The molecule has 4 aromatic rings. The molecule has 0 radical (unpaired) electrons. The van der Waals surface area contributed by atoms with Crippen LogP contribution in [0.4, 0.5) is 0 Å². The molecule has 0 saturated carbocycles. The van der Waals surface area contributed by atoms with Gasteiger partial charge in [0.25, 0.3) is 5.56 Å². The van der Waals surface area contributed by atoms with Crippen molar-refractivity contribution >= 4 is 39.3 Å². The van der Waals surface area contributed by atoms with Crippen LogP contribution in [0.25, 0.3) is 6.08 Å². The first kappa shape index (κ1) is 31.3. The summed E-state index contributed by atoms with van der Waals surface area (Å²) < 4.78 is 26.0. The van der Waals surface area contributed by atoms with Crippen molar-refractivity contribution in [1.82, 2.24) is 4.57 Å². The number of carbonyl (C=O) groups excluding carboxylic acids is 1. The molecule has 5 rings (SSSR count). The van der Waals surface area contributed by atoms with Crippen LogP contribution in [0.3, 0.4) is 0 Å². The molecule has 0 amide bonds. The second kappa shape index (κ2) is 13.7. The first-order chi connectivity index (χ1) is 21.2. The van der Waals surface area contributed by atoms with Gasteiger partial charge in [0.1, 0.15) is 12.4 Å². The minimum absolute atomic E-state index is 0.0608. The number of aromatic nitrogens is 1. The van der Waals surface area contributed by atoms with Crippen LogP contribution >= 0.6 is 27.3 Å². The fourth-order valence-corrected chi connectivity index (χ4v) is 6.22. The van der Waals surface area contributed by atoms with Crippen molar-refractivity contribution in [3.8, 4) is 17.2 Å². The number of benzene rings is 3. The van der Waals surface area contributed by atoms with Gasteiger partial charge in [0.2, 0.25) is 0 Å². The molecule has 0 spiro atoms. The molecule has 228 valence electrons. The molecule has 1 aliphatic heterocycles. The van der Waals surface area contributed by atoms with Gasteiger partial charge in [-0.15, -0.1) is 0 Å². The molecule has 1 atom stereocenters. The van der Waals surface area contributed by atoms with E-state index in [4.69, 9.17) is 18.9 Å². The van der Waals surface area contributed by atoms with Gasteiger partial charge < -0.3 is 18.9 Å². The summed E-state index contributed by atoms with van der Waals surface area (Å²) in [5.74, 6) is 1.23. The number of methoxy groups -OCH3 is 1. The highest BCUT2D eigenvalue weighted by molar-refractivity contribution is 9.10. The number of rotatable bonds is 10. The smallest absolute Gasteiger partial charge is 0.338 e. The predicted octanol–water partition coefficient (Wildman–Crippen LogP) is 5.94. The Morgan fingerprint density at radius 3 is 2.57 bits per heavy atom. The minimum atomic E-state index is -0.768. The number of fused-ring (bicyclic) bond motifs is 1. The highest BCUT2D eigenvalue weighted by Crippen LogP contribution is 2.36. The molecule has 0 N–H and O–H groups in total. The number of allylic oxidation sites excluding steroid dienone is 1. The van der Waals surface area contributed by atoms with E-state index in [9.17, 15) is 9.59 Å². The fraction of sp³-hybridized carbons (Fsp3) is 0.265. The van der Waals surface area contributed by atoms with Crippen LogP contribution in [0.1, 0.15) is 50.4 Å². The van der Waals surface area contributed by atoms with Crippen LogP contribution < -0.4 is 29.1 Å². The first-order valence-corrected chi connectivity index (χ1v) is 15.8. The summed E-state index contributed by atoms with van der Waals surface area (Å²) >= 11 is 4.72. The number of carbonyl (C=O) groups is 1. The van der Waals surface area contributed by atoms with Crippen LogP contribution in [0.5, 0.6) is 17.2 Å². The average Bonchev–Trinajstić information content (AvgIpc) is 3.30. The summed E-state index contributed by atoms with van der Waals surface area (Å²) in [6, 6.07) is 20.2. The molecule has 0 fully saturated rings. The predicted molar refractivity (Wildman–Crippen MR) is 174 cm³/mol. The van der Waals surface area contributed by atoms with Crippen LogP contribution in [-0.2, 0) is 16.1 Å². The number of esters is 1.